The minimum absolute atomic E-state index is 0.00395. The summed E-state index contributed by atoms with van der Waals surface area (Å²) in [6, 6.07) is 10.4. The van der Waals surface area contributed by atoms with E-state index in [0.29, 0.717) is 53.3 Å². The number of esters is 1. The summed E-state index contributed by atoms with van der Waals surface area (Å²) in [4.78, 5) is 37.7. The van der Waals surface area contributed by atoms with E-state index in [2.05, 4.69) is 11.9 Å². The van der Waals surface area contributed by atoms with E-state index in [9.17, 15) is 14.4 Å². The maximum Gasteiger partial charge on any atom is 0.337 e. The van der Waals surface area contributed by atoms with Crippen molar-refractivity contribution in [3.8, 4) is 5.75 Å². The fourth-order valence-corrected chi connectivity index (χ4v) is 4.83. The number of allylic oxidation sites excluding steroid dienone is 1. The van der Waals surface area contributed by atoms with Gasteiger partial charge in [-0.05, 0) is 49.1 Å². The molecular formula is C27H31N3O5. The summed E-state index contributed by atoms with van der Waals surface area (Å²) in [6.07, 6.45) is 6.78. The van der Waals surface area contributed by atoms with Gasteiger partial charge in [-0.3, -0.25) is 14.3 Å². The molecule has 1 aliphatic carbocycles. The largest absolute Gasteiger partial charge is 0.496 e. The van der Waals surface area contributed by atoms with Gasteiger partial charge < -0.3 is 14.8 Å². The summed E-state index contributed by atoms with van der Waals surface area (Å²) in [7, 11) is 2.86. The lowest BCUT2D eigenvalue weighted by Gasteiger charge is -2.15. The van der Waals surface area contributed by atoms with Gasteiger partial charge in [0.05, 0.1) is 43.8 Å². The first kappa shape index (κ1) is 24.3. The molecule has 0 saturated heterocycles. The van der Waals surface area contributed by atoms with Crippen molar-refractivity contribution in [3.63, 3.8) is 0 Å². The number of benzene rings is 2. The Morgan fingerprint density at radius 1 is 1.11 bits per heavy atom. The van der Waals surface area contributed by atoms with Gasteiger partial charge in [0.15, 0.2) is 0 Å². The van der Waals surface area contributed by atoms with Crippen LogP contribution >= 0.6 is 0 Å². The van der Waals surface area contributed by atoms with Gasteiger partial charge in [-0.15, -0.1) is 6.58 Å². The number of carbonyl (C=O) groups is 2. The monoisotopic (exact) mass is 477 g/mol. The first-order valence-corrected chi connectivity index (χ1v) is 11.8. The zero-order valence-corrected chi connectivity index (χ0v) is 20.2. The third-order valence-electron chi connectivity index (χ3n) is 6.59. The molecule has 8 heteroatoms. The van der Waals surface area contributed by atoms with E-state index in [-0.39, 0.29) is 11.5 Å². The predicted molar refractivity (Wildman–Crippen MR) is 135 cm³/mol. The summed E-state index contributed by atoms with van der Waals surface area (Å²) in [5.74, 6) is 0.498. The molecule has 3 aromatic rings. The van der Waals surface area contributed by atoms with Gasteiger partial charge in [0.25, 0.3) is 5.56 Å². The lowest BCUT2D eigenvalue weighted by molar-refractivity contribution is -0.117. The third-order valence-corrected chi connectivity index (χ3v) is 6.59. The number of anilines is 1. The van der Waals surface area contributed by atoms with Crippen LogP contribution in [0.4, 0.5) is 5.69 Å². The summed E-state index contributed by atoms with van der Waals surface area (Å²) in [6.45, 7) is 4.42. The predicted octanol–water partition coefficient (Wildman–Crippen LogP) is 4.35. The molecule has 184 valence electrons. The Morgan fingerprint density at radius 2 is 1.89 bits per heavy atom. The van der Waals surface area contributed by atoms with Crippen LogP contribution in [-0.4, -0.2) is 35.5 Å². The average Bonchev–Trinajstić information content (AvgIpc) is 3.46. The van der Waals surface area contributed by atoms with E-state index in [0.717, 1.165) is 18.4 Å². The van der Waals surface area contributed by atoms with E-state index in [4.69, 9.17) is 9.47 Å². The molecule has 2 aromatic carbocycles. The number of aromatic nitrogens is 2. The number of carbonyl (C=O) groups excluding carboxylic acids is 2. The Hall–Kier alpha value is -3.81. The number of fused-ring (bicyclic) bond motifs is 1. The molecule has 8 nitrogen and oxygen atoms in total. The van der Waals surface area contributed by atoms with Crippen molar-refractivity contribution in [1.29, 1.82) is 0 Å². The first-order chi connectivity index (χ1) is 16.9. The Morgan fingerprint density at radius 3 is 2.57 bits per heavy atom. The Labute approximate surface area is 204 Å². The zero-order valence-electron chi connectivity index (χ0n) is 20.2. The standard InChI is InChI=1S/C27H31N3O5/c1-4-13-29-26(32)22-12-11-21(28-25(31)14-18-7-5-6-8-18)16-23(22)30(29)17-20-10-9-19(27(33)35-3)15-24(20)34-2/h4,9-12,15-16,18H,1,5-8,13-14,17H2,2-3H3,(H,28,31). The van der Waals surface area contributed by atoms with E-state index in [1.165, 1.54) is 27.1 Å². The highest BCUT2D eigenvalue weighted by molar-refractivity contribution is 5.93. The van der Waals surface area contributed by atoms with Gasteiger partial charge >= 0.3 is 5.97 Å². The first-order valence-electron chi connectivity index (χ1n) is 11.8. The SMILES string of the molecule is C=CCn1c(=O)c2ccc(NC(=O)CC3CCCC3)cc2n1Cc1ccc(C(=O)OC)cc1OC. The highest BCUT2D eigenvalue weighted by Crippen LogP contribution is 2.28. The average molecular weight is 478 g/mol. The number of methoxy groups -OCH3 is 2. The smallest absolute Gasteiger partial charge is 0.337 e. The summed E-state index contributed by atoms with van der Waals surface area (Å²) >= 11 is 0. The molecule has 1 aromatic heterocycles. The van der Waals surface area contributed by atoms with Gasteiger partial charge in [0.2, 0.25) is 5.91 Å². The van der Waals surface area contributed by atoms with Crippen LogP contribution in [0.5, 0.6) is 5.75 Å². The Balaban J connectivity index is 1.70. The summed E-state index contributed by atoms with van der Waals surface area (Å²) in [5.41, 5.74) is 2.35. The lowest BCUT2D eigenvalue weighted by Crippen LogP contribution is -2.23. The van der Waals surface area contributed by atoms with E-state index in [1.807, 2.05) is 10.7 Å². The van der Waals surface area contributed by atoms with Crippen LogP contribution in [-0.2, 0) is 22.6 Å². The number of ether oxygens (including phenoxy) is 2. The third kappa shape index (κ3) is 5.16. The van der Waals surface area contributed by atoms with E-state index >= 15 is 0 Å². The van der Waals surface area contributed by atoms with Crippen molar-refractivity contribution in [1.82, 2.24) is 9.36 Å². The van der Waals surface area contributed by atoms with Gasteiger partial charge in [-0.1, -0.05) is 25.0 Å². The van der Waals surface area contributed by atoms with Gasteiger partial charge in [0.1, 0.15) is 5.75 Å². The topological polar surface area (TPSA) is 91.6 Å². The van der Waals surface area contributed by atoms with Crippen LogP contribution in [0.3, 0.4) is 0 Å². The van der Waals surface area contributed by atoms with Crippen molar-refractivity contribution in [2.24, 2.45) is 5.92 Å². The number of nitrogens with one attached hydrogen (secondary N) is 1. The number of rotatable bonds is 9. The highest BCUT2D eigenvalue weighted by Gasteiger charge is 2.20. The molecule has 1 heterocycles. The molecule has 1 N–H and O–H groups in total. The molecule has 1 saturated carbocycles. The van der Waals surface area contributed by atoms with E-state index in [1.54, 1.807) is 41.1 Å². The molecule has 1 fully saturated rings. The normalized spacial score (nSPS) is 13.7. The second kappa shape index (κ2) is 10.6. The van der Waals surface area contributed by atoms with Crippen LogP contribution in [0.1, 0.15) is 48.0 Å². The fraction of sp³-hybridized carbons (Fsp3) is 0.370. The summed E-state index contributed by atoms with van der Waals surface area (Å²) < 4.78 is 13.8. The van der Waals surface area contributed by atoms with Crippen LogP contribution in [0, 0.1) is 5.92 Å². The van der Waals surface area contributed by atoms with Crippen LogP contribution in [0.25, 0.3) is 10.9 Å². The molecule has 0 bridgehead atoms. The molecule has 0 aliphatic heterocycles. The zero-order chi connectivity index (χ0) is 24.9. The molecule has 0 spiro atoms. The quantitative estimate of drug-likeness (QED) is 0.365. The second-order valence-electron chi connectivity index (χ2n) is 8.89. The maximum absolute atomic E-state index is 13.1. The molecule has 0 atom stereocenters. The Bertz CT molecular complexity index is 1310. The van der Waals surface area contributed by atoms with Crippen molar-refractivity contribution in [2.75, 3.05) is 19.5 Å². The molecule has 35 heavy (non-hydrogen) atoms. The molecular weight excluding hydrogens is 446 g/mol. The van der Waals surface area contributed by atoms with Crippen molar-refractivity contribution in [3.05, 3.63) is 70.5 Å². The van der Waals surface area contributed by atoms with Gasteiger partial charge in [0, 0.05) is 17.7 Å². The number of amides is 1. The van der Waals surface area contributed by atoms with Crippen LogP contribution < -0.4 is 15.6 Å². The van der Waals surface area contributed by atoms with Crippen LogP contribution in [0.2, 0.25) is 0 Å². The lowest BCUT2D eigenvalue weighted by atomic mass is 10.0. The van der Waals surface area contributed by atoms with E-state index < -0.39 is 5.97 Å². The second-order valence-corrected chi connectivity index (χ2v) is 8.89. The molecule has 1 amide bonds. The van der Waals surface area contributed by atoms with Crippen LogP contribution in [0.15, 0.2) is 53.8 Å². The van der Waals surface area contributed by atoms with Crippen molar-refractivity contribution in [2.45, 2.75) is 45.2 Å². The molecule has 0 radical (unpaired) electrons. The fourth-order valence-electron chi connectivity index (χ4n) is 4.83. The Kier molecular flexibility index (Phi) is 7.39. The van der Waals surface area contributed by atoms with Crippen molar-refractivity contribution < 1.29 is 19.1 Å². The summed E-state index contributed by atoms with van der Waals surface area (Å²) in [5, 5.41) is 3.55. The molecule has 1 aliphatic rings. The minimum atomic E-state index is -0.456. The highest BCUT2D eigenvalue weighted by atomic mass is 16.5. The number of nitrogens with zero attached hydrogens (tertiary/aromatic N) is 2. The number of hydrogen-bond donors (Lipinski definition) is 1. The van der Waals surface area contributed by atoms with Gasteiger partial charge in [-0.2, -0.15) is 0 Å². The van der Waals surface area contributed by atoms with Crippen molar-refractivity contribution >= 4 is 28.5 Å². The number of hydrogen-bond acceptors (Lipinski definition) is 5. The minimum Gasteiger partial charge on any atom is -0.496 e. The molecule has 4 rings (SSSR count). The van der Waals surface area contributed by atoms with Gasteiger partial charge in [-0.25, -0.2) is 9.48 Å². The maximum atomic E-state index is 13.1. The molecule has 0 unspecified atom stereocenters.